The summed E-state index contributed by atoms with van der Waals surface area (Å²) in [6.07, 6.45) is 4.58. The van der Waals surface area contributed by atoms with E-state index in [2.05, 4.69) is 31.8 Å². The van der Waals surface area contributed by atoms with E-state index in [0.29, 0.717) is 13.1 Å². The smallest absolute Gasteiger partial charge is 0.227 e. The van der Waals surface area contributed by atoms with Gasteiger partial charge in [-0.3, -0.25) is 14.6 Å². The van der Waals surface area contributed by atoms with E-state index in [1.807, 2.05) is 37.4 Å². The van der Waals surface area contributed by atoms with Crippen molar-refractivity contribution < 1.29 is 9.59 Å². The minimum absolute atomic E-state index is 0.0255. The number of benzene rings is 1. The van der Waals surface area contributed by atoms with Crippen molar-refractivity contribution >= 4 is 17.5 Å². The predicted molar refractivity (Wildman–Crippen MR) is 111 cm³/mol. The van der Waals surface area contributed by atoms with Gasteiger partial charge in [0.2, 0.25) is 11.8 Å². The Hall–Kier alpha value is -2.69. The van der Waals surface area contributed by atoms with Crippen LogP contribution in [0.25, 0.3) is 0 Å². The Morgan fingerprint density at radius 2 is 1.86 bits per heavy atom. The lowest BCUT2D eigenvalue weighted by molar-refractivity contribution is -0.134. The molecule has 5 heteroatoms. The quantitative estimate of drug-likeness (QED) is 0.800. The summed E-state index contributed by atoms with van der Waals surface area (Å²) in [6, 6.07) is 11.9. The van der Waals surface area contributed by atoms with Gasteiger partial charge >= 0.3 is 0 Å². The Morgan fingerprint density at radius 1 is 1.18 bits per heavy atom. The first kappa shape index (κ1) is 20.1. The van der Waals surface area contributed by atoms with Gasteiger partial charge in [-0.15, -0.1) is 0 Å². The third-order valence-corrected chi connectivity index (χ3v) is 5.34. The molecule has 0 aliphatic carbocycles. The van der Waals surface area contributed by atoms with Gasteiger partial charge in [-0.2, -0.15) is 0 Å². The molecule has 0 N–H and O–H groups in total. The Labute approximate surface area is 167 Å². The van der Waals surface area contributed by atoms with Gasteiger partial charge in [0.1, 0.15) is 0 Å². The fourth-order valence-corrected chi connectivity index (χ4v) is 3.72. The molecule has 1 aliphatic rings. The van der Waals surface area contributed by atoms with Gasteiger partial charge < -0.3 is 9.80 Å². The molecule has 1 saturated heterocycles. The Morgan fingerprint density at radius 3 is 2.54 bits per heavy atom. The summed E-state index contributed by atoms with van der Waals surface area (Å²) < 4.78 is 0. The lowest BCUT2D eigenvalue weighted by Gasteiger charge is -2.28. The molecule has 2 aromatic rings. The first-order chi connectivity index (χ1) is 13.3. The monoisotopic (exact) mass is 379 g/mol. The molecule has 1 fully saturated rings. The first-order valence-corrected chi connectivity index (χ1v) is 9.81. The molecule has 1 aliphatic heterocycles. The van der Waals surface area contributed by atoms with Crippen LogP contribution < -0.4 is 4.90 Å². The Bertz CT molecular complexity index is 842. The highest BCUT2D eigenvalue weighted by atomic mass is 16.2. The Kier molecular flexibility index (Phi) is 5.82. The van der Waals surface area contributed by atoms with Crippen molar-refractivity contribution in [2.75, 3.05) is 25.0 Å². The van der Waals surface area contributed by atoms with Crippen molar-refractivity contribution in [3.63, 3.8) is 0 Å². The van der Waals surface area contributed by atoms with Crippen LogP contribution in [-0.4, -0.2) is 41.8 Å². The van der Waals surface area contributed by atoms with E-state index in [-0.39, 0.29) is 29.6 Å². The van der Waals surface area contributed by atoms with Gasteiger partial charge in [-0.05, 0) is 41.2 Å². The number of likely N-dealkylation sites (N-methyl/N-ethyl adjacent to an activating group) is 1. The highest BCUT2D eigenvalue weighted by molar-refractivity contribution is 6.01. The minimum Gasteiger partial charge on any atom is -0.345 e. The van der Waals surface area contributed by atoms with Crippen LogP contribution in [0.2, 0.25) is 0 Å². The molecular weight excluding hydrogens is 350 g/mol. The van der Waals surface area contributed by atoms with Gasteiger partial charge in [-0.25, -0.2) is 0 Å². The van der Waals surface area contributed by atoms with Crippen LogP contribution in [0.3, 0.4) is 0 Å². The van der Waals surface area contributed by atoms with E-state index >= 15 is 0 Å². The van der Waals surface area contributed by atoms with Crippen molar-refractivity contribution in [3.05, 3.63) is 59.9 Å². The zero-order valence-corrected chi connectivity index (χ0v) is 17.2. The van der Waals surface area contributed by atoms with Crippen molar-refractivity contribution in [2.45, 2.75) is 39.0 Å². The number of carbonyl (C=O) groups is 2. The van der Waals surface area contributed by atoms with E-state index in [0.717, 1.165) is 23.2 Å². The molecule has 28 heavy (non-hydrogen) atoms. The molecule has 1 atom stereocenters. The number of para-hydroxylation sites is 1. The molecule has 0 spiro atoms. The molecule has 0 bridgehead atoms. The summed E-state index contributed by atoms with van der Waals surface area (Å²) in [6.45, 7) is 7.50. The predicted octanol–water partition coefficient (Wildman–Crippen LogP) is 3.43. The van der Waals surface area contributed by atoms with Crippen molar-refractivity contribution in [1.29, 1.82) is 0 Å². The average Bonchev–Trinajstić information content (AvgIpc) is 3.07. The fraction of sp³-hybridized carbons (Fsp3) is 0.435. The number of aromatic nitrogens is 1. The topological polar surface area (TPSA) is 53.5 Å². The molecule has 1 unspecified atom stereocenters. The number of pyridine rings is 1. The molecule has 148 valence electrons. The van der Waals surface area contributed by atoms with Crippen molar-refractivity contribution in [1.82, 2.24) is 9.88 Å². The normalized spacial score (nSPS) is 17.1. The second-order valence-electron chi connectivity index (χ2n) is 8.54. The van der Waals surface area contributed by atoms with Crippen LogP contribution in [-0.2, 0) is 21.4 Å². The summed E-state index contributed by atoms with van der Waals surface area (Å²) in [7, 11) is 1.82. The third-order valence-electron chi connectivity index (χ3n) is 5.34. The minimum atomic E-state index is -0.289. The maximum absolute atomic E-state index is 12.9. The van der Waals surface area contributed by atoms with Gasteiger partial charge in [0.15, 0.2) is 0 Å². The van der Waals surface area contributed by atoms with Crippen LogP contribution in [0.15, 0.2) is 48.8 Å². The van der Waals surface area contributed by atoms with Crippen LogP contribution in [0.4, 0.5) is 5.69 Å². The number of hydrogen-bond acceptors (Lipinski definition) is 3. The molecule has 3 rings (SSSR count). The number of rotatable bonds is 5. The summed E-state index contributed by atoms with van der Waals surface area (Å²) in [5.74, 6) is -0.223. The van der Waals surface area contributed by atoms with E-state index in [1.54, 1.807) is 22.2 Å². The number of hydrogen-bond donors (Lipinski definition) is 0. The molecular formula is C23H29N3O2. The van der Waals surface area contributed by atoms with Crippen LogP contribution in [0, 0.1) is 5.92 Å². The van der Waals surface area contributed by atoms with Gasteiger partial charge in [0, 0.05) is 44.6 Å². The highest BCUT2D eigenvalue weighted by Gasteiger charge is 2.37. The zero-order valence-electron chi connectivity index (χ0n) is 17.2. The molecule has 2 heterocycles. The summed E-state index contributed by atoms with van der Waals surface area (Å²) in [4.78, 5) is 33.2. The van der Waals surface area contributed by atoms with Crippen molar-refractivity contribution in [3.8, 4) is 0 Å². The first-order valence-electron chi connectivity index (χ1n) is 9.81. The molecule has 1 aromatic heterocycles. The molecule has 2 amide bonds. The van der Waals surface area contributed by atoms with Crippen LogP contribution >= 0.6 is 0 Å². The second kappa shape index (κ2) is 8.13. The molecule has 0 radical (unpaired) electrons. The Balaban J connectivity index is 1.68. The van der Waals surface area contributed by atoms with E-state index in [9.17, 15) is 9.59 Å². The standard InChI is InChI=1S/C23H29N3O2/c1-23(2,3)19-7-5-6-8-20(19)26-16-18(15-21(26)27)22(28)25(4)14-11-17-9-12-24-13-10-17/h5-10,12-13,18H,11,14-16H2,1-4H3. The molecule has 0 saturated carbocycles. The third kappa shape index (κ3) is 4.41. The largest absolute Gasteiger partial charge is 0.345 e. The number of anilines is 1. The SMILES string of the molecule is CN(CCc1ccncc1)C(=O)C1CC(=O)N(c2ccccc2C(C)(C)C)C1. The van der Waals surface area contributed by atoms with Gasteiger partial charge in [0.05, 0.1) is 5.92 Å². The van der Waals surface area contributed by atoms with Gasteiger partial charge in [0.25, 0.3) is 0 Å². The summed E-state index contributed by atoms with van der Waals surface area (Å²) >= 11 is 0. The highest BCUT2D eigenvalue weighted by Crippen LogP contribution is 2.35. The van der Waals surface area contributed by atoms with E-state index in [1.165, 1.54) is 0 Å². The van der Waals surface area contributed by atoms with Gasteiger partial charge in [-0.1, -0.05) is 39.0 Å². The van der Waals surface area contributed by atoms with Crippen LogP contribution in [0.5, 0.6) is 0 Å². The lowest BCUT2D eigenvalue weighted by atomic mass is 9.85. The summed E-state index contributed by atoms with van der Waals surface area (Å²) in [5, 5.41) is 0. The van der Waals surface area contributed by atoms with Crippen LogP contribution in [0.1, 0.15) is 38.3 Å². The maximum atomic E-state index is 12.9. The fourth-order valence-electron chi connectivity index (χ4n) is 3.72. The number of amides is 2. The zero-order chi connectivity index (χ0) is 20.3. The second-order valence-corrected chi connectivity index (χ2v) is 8.54. The van der Waals surface area contributed by atoms with E-state index in [4.69, 9.17) is 0 Å². The number of carbonyl (C=O) groups excluding carboxylic acids is 2. The maximum Gasteiger partial charge on any atom is 0.227 e. The average molecular weight is 380 g/mol. The molecule has 5 nitrogen and oxygen atoms in total. The summed E-state index contributed by atoms with van der Waals surface area (Å²) in [5.41, 5.74) is 3.13. The lowest BCUT2D eigenvalue weighted by Crippen LogP contribution is -2.36. The van der Waals surface area contributed by atoms with E-state index < -0.39 is 0 Å². The van der Waals surface area contributed by atoms with Crippen molar-refractivity contribution in [2.24, 2.45) is 5.92 Å². The molecule has 1 aromatic carbocycles. The number of nitrogens with zero attached hydrogens (tertiary/aromatic N) is 3.